The first-order valence-electron chi connectivity index (χ1n) is 14.7. The molecule has 13 heteroatoms. The lowest BCUT2D eigenvalue weighted by Gasteiger charge is -2.29. The van der Waals surface area contributed by atoms with Crippen LogP contribution in [0.2, 0.25) is 0 Å². The van der Waals surface area contributed by atoms with E-state index in [1.807, 2.05) is 6.92 Å². The number of hydrogen-bond acceptors (Lipinski definition) is 9. The summed E-state index contributed by atoms with van der Waals surface area (Å²) in [7, 11) is 0. The highest BCUT2D eigenvalue weighted by Crippen LogP contribution is 2.11. The molecule has 4 atom stereocenters. The van der Waals surface area contributed by atoms with Crippen LogP contribution in [0.3, 0.4) is 0 Å². The van der Waals surface area contributed by atoms with Crippen LogP contribution in [-0.2, 0) is 9.59 Å². The van der Waals surface area contributed by atoms with Gasteiger partial charge in [-0.25, -0.2) is 0 Å². The van der Waals surface area contributed by atoms with Crippen LogP contribution in [0.25, 0.3) is 0 Å². The molecule has 0 aliphatic heterocycles. The number of rotatable bonds is 22. The fourth-order valence-corrected chi connectivity index (χ4v) is 3.51. The topological polar surface area (TPSA) is 228 Å². The lowest BCUT2D eigenvalue weighted by atomic mass is 9.98. The summed E-state index contributed by atoms with van der Waals surface area (Å²) in [5, 5.41) is 48.6. The van der Waals surface area contributed by atoms with Gasteiger partial charge in [0.2, 0.25) is 0 Å². The molecule has 0 aromatic heterocycles. The number of carbonyl (C=O) groups excluding carboxylic acids is 2. The number of amidine groups is 2. The van der Waals surface area contributed by atoms with E-state index in [0.717, 1.165) is 45.1 Å². The van der Waals surface area contributed by atoms with E-state index in [1.54, 1.807) is 13.8 Å². The molecular weight excluding hydrogens is 530 g/mol. The molecule has 0 aromatic carbocycles. The number of aliphatic hydroxyl groups is 4. The fourth-order valence-electron chi connectivity index (χ4n) is 3.51. The van der Waals surface area contributed by atoms with Gasteiger partial charge in [-0.1, -0.05) is 26.7 Å². The second-order valence-corrected chi connectivity index (χ2v) is 11.7. The van der Waals surface area contributed by atoms with Crippen LogP contribution >= 0.6 is 0 Å². The second-order valence-electron chi connectivity index (χ2n) is 11.7. The van der Waals surface area contributed by atoms with E-state index in [1.165, 1.54) is 0 Å². The summed E-state index contributed by atoms with van der Waals surface area (Å²) in [5.74, 6) is -0.776. The first-order chi connectivity index (χ1) is 19.1. The highest BCUT2D eigenvalue weighted by atomic mass is 16.4. The van der Waals surface area contributed by atoms with Crippen molar-refractivity contribution in [3.8, 4) is 0 Å². The normalized spacial score (nSPS) is 16.1. The average Bonchev–Trinajstić information content (AvgIpc) is 2.93. The molecule has 0 rings (SSSR count). The molecule has 0 saturated heterocycles. The maximum atomic E-state index is 12.1. The van der Waals surface area contributed by atoms with Gasteiger partial charge in [0.15, 0.2) is 12.2 Å². The van der Waals surface area contributed by atoms with Crippen molar-refractivity contribution < 1.29 is 30.0 Å². The van der Waals surface area contributed by atoms with Crippen molar-refractivity contribution in [1.29, 1.82) is 0 Å². The molecule has 0 aliphatic carbocycles. The Balaban J connectivity index is 4.20. The molecule has 0 heterocycles. The number of nitrogens with zero attached hydrogens (tertiary/aromatic N) is 2. The van der Waals surface area contributed by atoms with Crippen molar-refractivity contribution in [2.75, 3.05) is 26.2 Å². The van der Waals surface area contributed by atoms with E-state index in [-0.39, 0.29) is 18.6 Å². The number of carbonyl (C=O) groups is 2. The van der Waals surface area contributed by atoms with Crippen molar-refractivity contribution in [2.24, 2.45) is 21.5 Å². The smallest absolute Gasteiger partial charge is 0.252 e. The average molecular weight is 588 g/mol. The Morgan fingerprint density at radius 1 is 0.707 bits per heavy atom. The molecule has 0 bridgehead atoms. The van der Waals surface area contributed by atoms with Gasteiger partial charge in [0.05, 0.1) is 24.8 Å². The molecule has 0 fully saturated rings. The molecule has 0 saturated carbocycles. The zero-order valence-electron chi connectivity index (χ0n) is 25.9. The molecule has 0 unspecified atom stereocenters. The number of nitrogens with one attached hydrogen (secondary N) is 3. The van der Waals surface area contributed by atoms with E-state index in [9.17, 15) is 30.0 Å². The molecule has 0 radical (unpaired) electrons. The van der Waals surface area contributed by atoms with Crippen molar-refractivity contribution in [1.82, 2.24) is 16.0 Å². The van der Waals surface area contributed by atoms with Crippen molar-refractivity contribution in [3.05, 3.63) is 0 Å². The van der Waals surface area contributed by atoms with Gasteiger partial charge in [-0.15, -0.1) is 0 Å². The van der Waals surface area contributed by atoms with Crippen molar-refractivity contribution >= 4 is 23.5 Å². The van der Waals surface area contributed by atoms with E-state index < -0.39 is 41.8 Å². The molecule has 11 N–H and O–H groups in total. The summed E-state index contributed by atoms with van der Waals surface area (Å²) in [6, 6.07) is 0. The number of amides is 2. The minimum atomic E-state index is -2.08. The molecular formula is C28H57N7O6. The van der Waals surface area contributed by atoms with Crippen molar-refractivity contribution in [2.45, 2.75) is 128 Å². The maximum absolute atomic E-state index is 12.1. The highest BCUT2D eigenvalue weighted by molar-refractivity contribution is 5.83. The number of hydrogen-bond donors (Lipinski definition) is 9. The minimum absolute atomic E-state index is 0.0389. The molecule has 2 amide bonds. The zero-order chi connectivity index (χ0) is 31.6. The van der Waals surface area contributed by atoms with E-state index in [0.29, 0.717) is 31.1 Å². The van der Waals surface area contributed by atoms with E-state index in [4.69, 9.17) is 11.5 Å². The monoisotopic (exact) mass is 587 g/mol. The summed E-state index contributed by atoms with van der Waals surface area (Å²) in [6.45, 7) is 13.4. The Hall–Kier alpha value is -2.32. The lowest BCUT2D eigenvalue weighted by Crippen LogP contribution is -2.57. The predicted molar refractivity (Wildman–Crippen MR) is 163 cm³/mol. The summed E-state index contributed by atoms with van der Waals surface area (Å²) >= 11 is 0. The van der Waals surface area contributed by atoms with Crippen LogP contribution in [0.1, 0.15) is 92.9 Å². The van der Waals surface area contributed by atoms with E-state index >= 15 is 0 Å². The number of aliphatic imine (C=N–C) groups is 2. The Morgan fingerprint density at radius 3 is 1.61 bits per heavy atom. The largest absolute Gasteiger partial charge is 0.387 e. The maximum Gasteiger partial charge on any atom is 0.252 e. The molecule has 0 aliphatic rings. The van der Waals surface area contributed by atoms with Crippen LogP contribution in [0.5, 0.6) is 0 Å². The summed E-state index contributed by atoms with van der Waals surface area (Å²) in [4.78, 5) is 32.8. The highest BCUT2D eigenvalue weighted by Gasteiger charge is 2.38. The standard InChI is InChI=1S/C28H57N7O6/c1-7-27(3,4)34-18-17-32-20(30)14-12-10-9-11-13-19(29)31-15-16-33-25(40)23(38)21(36)22(37)24(39)26(41)35-28(5,6)8-2/h21-24,34,36-39H,7-18H2,1-6H3,(H2,29,31)(H2,30,32)(H,33,40)(H,35,41)/t21-,22+,23+,24-/m0/s1. The second kappa shape index (κ2) is 19.7. The molecule has 0 spiro atoms. The number of nitrogens with two attached hydrogens (primary N) is 2. The van der Waals surface area contributed by atoms with Crippen LogP contribution in [-0.4, -0.2) is 106 Å². The van der Waals surface area contributed by atoms with Gasteiger partial charge in [-0.2, -0.15) is 0 Å². The minimum Gasteiger partial charge on any atom is -0.387 e. The van der Waals surface area contributed by atoms with Crippen LogP contribution in [0, 0.1) is 0 Å². The lowest BCUT2D eigenvalue weighted by molar-refractivity contribution is -0.156. The molecule has 13 nitrogen and oxygen atoms in total. The Bertz CT molecular complexity index is 835. The predicted octanol–water partition coefficient (Wildman–Crippen LogP) is -0.316. The Labute approximate surface area is 245 Å². The van der Waals surface area contributed by atoms with Gasteiger partial charge in [0.1, 0.15) is 12.2 Å². The SMILES string of the molecule is CCC(C)(C)NCCN=C(N)CCCCCCC(N)=NCCNC(=O)[C@H](O)[C@@H](O)[C@@H](O)[C@H](O)C(=O)NC(C)(C)CC. The van der Waals surface area contributed by atoms with Gasteiger partial charge in [-0.3, -0.25) is 19.6 Å². The Morgan fingerprint density at radius 2 is 1.15 bits per heavy atom. The van der Waals surface area contributed by atoms with Crippen LogP contribution < -0.4 is 27.4 Å². The van der Waals surface area contributed by atoms with Gasteiger partial charge in [-0.05, 0) is 53.4 Å². The number of aliphatic hydroxyl groups excluding tert-OH is 4. The molecule has 240 valence electrons. The third-order valence-corrected chi connectivity index (χ3v) is 7.14. The van der Waals surface area contributed by atoms with Crippen molar-refractivity contribution in [3.63, 3.8) is 0 Å². The Kier molecular flexibility index (Phi) is 18.6. The third kappa shape index (κ3) is 17.3. The van der Waals surface area contributed by atoms with Gasteiger partial charge >= 0.3 is 0 Å². The zero-order valence-corrected chi connectivity index (χ0v) is 25.9. The summed E-state index contributed by atoms with van der Waals surface area (Å²) in [6.07, 6.45) is -1.46. The molecule has 0 aromatic rings. The molecule has 41 heavy (non-hydrogen) atoms. The number of unbranched alkanes of at least 4 members (excludes halogenated alkanes) is 3. The van der Waals surface area contributed by atoms with Gasteiger partial charge in [0, 0.05) is 37.0 Å². The fraction of sp³-hybridized carbons (Fsp3) is 0.857. The quantitative estimate of drug-likeness (QED) is 0.0459. The summed E-state index contributed by atoms with van der Waals surface area (Å²) < 4.78 is 0. The summed E-state index contributed by atoms with van der Waals surface area (Å²) in [5.41, 5.74) is 11.4. The van der Waals surface area contributed by atoms with Gasteiger partial charge in [0.25, 0.3) is 11.8 Å². The van der Waals surface area contributed by atoms with Crippen LogP contribution in [0.15, 0.2) is 9.98 Å². The van der Waals surface area contributed by atoms with E-state index in [2.05, 4.69) is 46.7 Å². The van der Waals surface area contributed by atoms with Gasteiger partial charge < -0.3 is 47.8 Å². The first kappa shape index (κ1) is 38.7. The third-order valence-electron chi connectivity index (χ3n) is 7.14. The van der Waals surface area contributed by atoms with Crippen LogP contribution in [0.4, 0.5) is 0 Å². The first-order valence-corrected chi connectivity index (χ1v) is 14.7.